The van der Waals surface area contributed by atoms with Crippen molar-refractivity contribution in [3.8, 4) is 0 Å². The van der Waals surface area contributed by atoms with Gasteiger partial charge in [0.2, 0.25) is 0 Å². The van der Waals surface area contributed by atoms with Gasteiger partial charge in [-0.1, -0.05) is 23.7 Å². The van der Waals surface area contributed by atoms with E-state index in [1.807, 2.05) is 6.07 Å². The highest BCUT2D eigenvalue weighted by Crippen LogP contribution is 2.52. The fraction of sp³-hybridized carbons (Fsp3) is 0.571. The number of hydrogen-bond donors (Lipinski definition) is 1. The van der Waals surface area contributed by atoms with Crippen LogP contribution in [0, 0.1) is 5.92 Å². The van der Waals surface area contributed by atoms with Gasteiger partial charge in [0.15, 0.2) is 0 Å². The molecule has 2 atom stereocenters. The van der Waals surface area contributed by atoms with E-state index in [1.54, 1.807) is 0 Å². The lowest BCUT2D eigenvalue weighted by atomic mass is 9.74. The molecule has 0 radical (unpaired) electrons. The number of rotatable bonds is 2. The van der Waals surface area contributed by atoms with Gasteiger partial charge in [-0.15, -0.1) is 0 Å². The molecule has 0 heterocycles. The summed E-state index contributed by atoms with van der Waals surface area (Å²) >= 11 is 6.39. The maximum Gasteiger partial charge on any atom is 0.0443 e. The van der Waals surface area contributed by atoms with E-state index in [9.17, 15) is 0 Å². The monoisotopic (exact) mass is 235 g/mol. The summed E-state index contributed by atoms with van der Waals surface area (Å²) in [6.07, 6.45) is 5.31. The summed E-state index contributed by atoms with van der Waals surface area (Å²) in [5, 5.41) is 0.965. The van der Waals surface area contributed by atoms with Gasteiger partial charge in [0.05, 0.1) is 0 Å². The van der Waals surface area contributed by atoms with Crippen molar-refractivity contribution in [3.63, 3.8) is 0 Å². The second-order valence-electron chi connectivity index (χ2n) is 5.20. The predicted molar refractivity (Wildman–Crippen MR) is 67.9 cm³/mol. The van der Waals surface area contributed by atoms with Crippen molar-refractivity contribution in [3.05, 3.63) is 34.3 Å². The quantitative estimate of drug-likeness (QED) is 0.832. The number of nitrogens with two attached hydrogens (primary N) is 1. The molecule has 2 unspecified atom stereocenters. The maximum absolute atomic E-state index is 6.39. The van der Waals surface area contributed by atoms with Crippen LogP contribution in [0.1, 0.15) is 48.6 Å². The Bertz CT molecular complexity index is 398. The van der Waals surface area contributed by atoms with Crippen LogP contribution >= 0.6 is 11.6 Å². The molecule has 0 spiro atoms. The van der Waals surface area contributed by atoms with E-state index in [4.69, 9.17) is 17.3 Å². The molecule has 0 amide bonds. The Kier molecular flexibility index (Phi) is 2.68. The molecule has 2 heteroatoms. The van der Waals surface area contributed by atoms with E-state index >= 15 is 0 Å². The molecule has 1 aromatic carbocycles. The molecule has 2 aliphatic rings. The van der Waals surface area contributed by atoms with Gasteiger partial charge in [0, 0.05) is 5.02 Å². The standard InChI is InChI=1S/C14H18ClN/c15-13-3-1-2-11-10(8-16)6-7-12(14(11)13)9-4-5-9/h1-3,9-10,12H,4-8,16H2. The lowest BCUT2D eigenvalue weighted by Gasteiger charge is -2.32. The van der Waals surface area contributed by atoms with E-state index in [0.717, 1.165) is 17.5 Å². The number of halogens is 1. The molecule has 86 valence electrons. The molecule has 1 saturated carbocycles. The van der Waals surface area contributed by atoms with Crippen molar-refractivity contribution in [1.29, 1.82) is 0 Å². The van der Waals surface area contributed by atoms with Crippen molar-refractivity contribution in [2.24, 2.45) is 11.7 Å². The minimum Gasteiger partial charge on any atom is -0.330 e. The predicted octanol–water partition coefficient (Wildman–Crippen LogP) is 3.67. The minimum atomic E-state index is 0.531. The summed E-state index contributed by atoms with van der Waals surface area (Å²) in [7, 11) is 0. The van der Waals surface area contributed by atoms with Crippen LogP contribution in [-0.4, -0.2) is 6.54 Å². The van der Waals surface area contributed by atoms with Crippen LogP contribution in [0.25, 0.3) is 0 Å². The zero-order chi connectivity index (χ0) is 11.1. The highest BCUT2D eigenvalue weighted by Gasteiger charge is 2.38. The molecule has 1 nitrogen and oxygen atoms in total. The first-order valence-electron chi connectivity index (χ1n) is 6.29. The third-order valence-corrected chi connectivity index (χ3v) is 4.53. The molecule has 2 N–H and O–H groups in total. The van der Waals surface area contributed by atoms with Crippen LogP contribution in [0.4, 0.5) is 0 Å². The van der Waals surface area contributed by atoms with Gasteiger partial charge in [-0.3, -0.25) is 0 Å². The molecule has 3 rings (SSSR count). The van der Waals surface area contributed by atoms with E-state index < -0.39 is 0 Å². The SMILES string of the molecule is NCC1CCC(C2CC2)c2c(Cl)cccc21. The zero-order valence-electron chi connectivity index (χ0n) is 9.45. The number of benzene rings is 1. The Balaban J connectivity index is 2.06. The van der Waals surface area contributed by atoms with Crippen molar-refractivity contribution in [2.75, 3.05) is 6.54 Å². The van der Waals surface area contributed by atoms with Crippen LogP contribution in [-0.2, 0) is 0 Å². The minimum absolute atomic E-state index is 0.531. The fourth-order valence-electron chi connectivity index (χ4n) is 3.20. The highest BCUT2D eigenvalue weighted by molar-refractivity contribution is 6.31. The van der Waals surface area contributed by atoms with Crippen LogP contribution in [0.15, 0.2) is 18.2 Å². The number of fused-ring (bicyclic) bond motifs is 1. The van der Waals surface area contributed by atoms with E-state index in [-0.39, 0.29) is 0 Å². The maximum atomic E-state index is 6.39. The second kappa shape index (κ2) is 4.05. The van der Waals surface area contributed by atoms with Gasteiger partial charge >= 0.3 is 0 Å². The molecular formula is C14H18ClN. The van der Waals surface area contributed by atoms with Crippen molar-refractivity contribution in [2.45, 2.75) is 37.5 Å². The largest absolute Gasteiger partial charge is 0.330 e. The van der Waals surface area contributed by atoms with Crippen LogP contribution < -0.4 is 5.73 Å². The molecule has 0 bridgehead atoms. The summed E-state index contributed by atoms with van der Waals surface area (Å²) < 4.78 is 0. The Morgan fingerprint density at radius 2 is 2.00 bits per heavy atom. The Morgan fingerprint density at radius 1 is 1.19 bits per heavy atom. The van der Waals surface area contributed by atoms with Crippen molar-refractivity contribution in [1.82, 2.24) is 0 Å². The lowest BCUT2D eigenvalue weighted by Crippen LogP contribution is -2.22. The van der Waals surface area contributed by atoms with Crippen molar-refractivity contribution >= 4 is 11.6 Å². The lowest BCUT2D eigenvalue weighted by molar-refractivity contribution is 0.454. The van der Waals surface area contributed by atoms with Gasteiger partial charge in [-0.05, 0) is 67.2 Å². The topological polar surface area (TPSA) is 26.0 Å². The summed E-state index contributed by atoms with van der Waals surface area (Å²) in [6.45, 7) is 0.755. The van der Waals surface area contributed by atoms with Gasteiger partial charge in [0.1, 0.15) is 0 Å². The average molecular weight is 236 g/mol. The molecule has 16 heavy (non-hydrogen) atoms. The van der Waals surface area contributed by atoms with E-state index in [2.05, 4.69) is 12.1 Å². The normalized spacial score (nSPS) is 28.9. The fourth-order valence-corrected chi connectivity index (χ4v) is 3.52. The smallest absolute Gasteiger partial charge is 0.0443 e. The molecule has 0 aromatic heterocycles. The average Bonchev–Trinajstić information content (AvgIpc) is 3.12. The summed E-state index contributed by atoms with van der Waals surface area (Å²) in [5.41, 5.74) is 8.72. The van der Waals surface area contributed by atoms with Gasteiger partial charge in [-0.25, -0.2) is 0 Å². The van der Waals surface area contributed by atoms with Crippen LogP contribution in [0.2, 0.25) is 5.02 Å². The molecule has 1 fully saturated rings. The van der Waals surface area contributed by atoms with Gasteiger partial charge in [0.25, 0.3) is 0 Å². The summed E-state index contributed by atoms with van der Waals surface area (Å²) in [6, 6.07) is 6.33. The third kappa shape index (κ3) is 1.66. The zero-order valence-corrected chi connectivity index (χ0v) is 10.2. The first-order chi connectivity index (χ1) is 7.81. The Labute approximate surface area is 102 Å². The first-order valence-corrected chi connectivity index (χ1v) is 6.67. The molecule has 0 aliphatic heterocycles. The number of hydrogen-bond acceptors (Lipinski definition) is 1. The third-order valence-electron chi connectivity index (χ3n) is 4.20. The second-order valence-corrected chi connectivity index (χ2v) is 5.60. The molecule has 2 aliphatic carbocycles. The molecule has 0 saturated heterocycles. The van der Waals surface area contributed by atoms with Crippen molar-refractivity contribution < 1.29 is 0 Å². The van der Waals surface area contributed by atoms with Crippen LogP contribution in [0.5, 0.6) is 0 Å². The summed E-state index contributed by atoms with van der Waals surface area (Å²) in [4.78, 5) is 0. The molecular weight excluding hydrogens is 218 g/mol. The first kappa shape index (κ1) is 10.6. The summed E-state index contributed by atoms with van der Waals surface area (Å²) in [5.74, 6) is 2.15. The Hall–Kier alpha value is -0.530. The van der Waals surface area contributed by atoms with E-state index in [1.165, 1.54) is 36.8 Å². The molecule has 1 aromatic rings. The van der Waals surface area contributed by atoms with Gasteiger partial charge < -0.3 is 5.73 Å². The van der Waals surface area contributed by atoms with E-state index in [0.29, 0.717) is 11.8 Å². The van der Waals surface area contributed by atoms with Gasteiger partial charge in [-0.2, -0.15) is 0 Å². The van der Waals surface area contributed by atoms with Crippen LogP contribution in [0.3, 0.4) is 0 Å². The Morgan fingerprint density at radius 3 is 2.69 bits per heavy atom. The highest BCUT2D eigenvalue weighted by atomic mass is 35.5.